The van der Waals surface area contributed by atoms with Crippen molar-refractivity contribution in [2.24, 2.45) is 0 Å². The summed E-state index contributed by atoms with van der Waals surface area (Å²) in [5.41, 5.74) is 1.95. The zero-order valence-corrected chi connectivity index (χ0v) is 17.0. The van der Waals surface area contributed by atoms with Crippen LogP contribution in [0.25, 0.3) is 22.6 Å². The summed E-state index contributed by atoms with van der Waals surface area (Å²) in [5.74, 6) is -1.33. The molecule has 0 spiro atoms. The summed E-state index contributed by atoms with van der Waals surface area (Å²) >= 11 is 1.21. The number of anilines is 1. The summed E-state index contributed by atoms with van der Waals surface area (Å²) in [6.45, 7) is 3.81. The minimum atomic E-state index is -0.451. The number of thiazole rings is 1. The van der Waals surface area contributed by atoms with Crippen LogP contribution in [0, 0.1) is 11.6 Å². The van der Waals surface area contributed by atoms with Crippen molar-refractivity contribution in [3.8, 4) is 22.6 Å². The Morgan fingerprint density at radius 1 is 1.10 bits per heavy atom. The maximum absolute atomic E-state index is 14.5. The monoisotopic (exact) mass is 425 g/mol. The number of carbonyl (C=O) groups excluding carboxylic acids is 1. The molecule has 0 fully saturated rings. The van der Waals surface area contributed by atoms with Crippen LogP contribution in [0.15, 0.2) is 54.2 Å². The van der Waals surface area contributed by atoms with E-state index in [1.54, 1.807) is 28.3 Å². The molecule has 6 nitrogen and oxygen atoms in total. The average Bonchev–Trinajstić information content (AvgIpc) is 3.36. The summed E-state index contributed by atoms with van der Waals surface area (Å²) < 4.78 is 29.1. The van der Waals surface area contributed by atoms with E-state index in [4.69, 9.17) is 0 Å². The number of aromatic nitrogens is 4. The van der Waals surface area contributed by atoms with Crippen LogP contribution >= 0.6 is 11.3 Å². The van der Waals surface area contributed by atoms with E-state index in [2.05, 4.69) is 20.4 Å². The fourth-order valence-corrected chi connectivity index (χ4v) is 3.68. The number of pyridine rings is 1. The number of nitrogens with zero attached hydrogens (tertiary/aromatic N) is 4. The van der Waals surface area contributed by atoms with Crippen molar-refractivity contribution in [2.45, 2.75) is 19.9 Å². The van der Waals surface area contributed by atoms with E-state index in [-0.39, 0.29) is 11.6 Å². The highest BCUT2D eigenvalue weighted by molar-refractivity contribution is 7.14. The number of carbonyl (C=O) groups is 1. The first-order chi connectivity index (χ1) is 14.4. The maximum atomic E-state index is 14.5. The van der Waals surface area contributed by atoms with Gasteiger partial charge in [0.1, 0.15) is 17.3 Å². The highest BCUT2D eigenvalue weighted by atomic mass is 32.1. The molecule has 152 valence electrons. The Kier molecular flexibility index (Phi) is 5.37. The average molecular weight is 425 g/mol. The number of benzene rings is 1. The summed E-state index contributed by atoms with van der Waals surface area (Å²) in [4.78, 5) is 21.3. The molecule has 0 saturated carbocycles. The third-order valence-electron chi connectivity index (χ3n) is 4.37. The minimum absolute atomic E-state index is 0.0721. The van der Waals surface area contributed by atoms with Gasteiger partial charge < -0.3 is 0 Å². The third-order valence-corrected chi connectivity index (χ3v) is 5.13. The zero-order valence-electron chi connectivity index (χ0n) is 16.1. The van der Waals surface area contributed by atoms with Gasteiger partial charge in [0.15, 0.2) is 5.13 Å². The van der Waals surface area contributed by atoms with Crippen LogP contribution in [0.4, 0.5) is 13.9 Å². The number of halogens is 2. The first-order valence-electron chi connectivity index (χ1n) is 9.15. The molecule has 30 heavy (non-hydrogen) atoms. The fraction of sp³-hybridized carbons (Fsp3) is 0.143. The highest BCUT2D eigenvalue weighted by Gasteiger charge is 2.23. The van der Waals surface area contributed by atoms with Crippen molar-refractivity contribution in [3.63, 3.8) is 0 Å². The number of hydrogen-bond acceptors (Lipinski definition) is 5. The van der Waals surface area contributed by atoms with Gasteiger partial charge in [0.2, 0.25) is 0 Å². The summed E-state index contributed by atoms with van der Waals surface area (Å²) in [5, 5.41) is 9.07. The summed E-state index contributed by atoms with van der Waals surface area (Å²) in [6, 6.07) is 8.99. The van der Waals surface area contributed by atoms with E-state index in [1.165, 1.54) is 35.7 Å². The van der Waals surface area contributed by atoms with Crippen LogP contribution in [-0.4, -0.2) is 25.7 Å². The van der Waals surface area contributed by atoms with Crippen molar-refractivity contribution in [1.29, 1.82) is 0 Å². The van der Waals surface area contributed by atoms with Crippen LogP contribution in [0.1, 0.15) is 30.2 Å². The molecular formula is C21H17F2N5OS. The lowest BCUT2D eigenvalue weighted by molar-refractivity contribution is 0.102. The molecule has 0 aliphatic carbocycles. The molecular weight excluding hydrogens is 408 g/mol. The minimum Gasteiger partial charge on any atom is -0.298 e. The van der Waals surface area contributed by atoms with Crippen molar-refractivity contribution in [3.05, 3.63) is 71.4 Å². The van der Waals surface area contributed by atoms with Crippen molar-refractivity contribution >= 4 is 22.4 Å². The van der Waals surface area contributed by atoms with Gasteiger partial charge in [-0.3, -0.25) is 19.8 Å². The van der Waals surface area contributed by atoms with E-state index < -0.39 is 17.5 Å². The van der Waals surface area contributed by atoms with Gasteiger partial charge >= 0.3 is 0 Å². The molecule has 0 unspecified atom stereocenters. The number of rotatable bonds is 5. The lowest BCUT2D eigenvalue weighted by atomic mass is 10.1. The lowest BCUT2D eigenvalue weighted by Crippen LogP contribution is -2.14. The van der Waals surface area contributed by atoms with Crippen LogP contribution in [0.2, 0.25) is 0 Å². The van der Waals surface area contributed by atoms with E-state index in [0.29, 0.717) is 27.8 Å². The Labute approximate surface area is 175 Å². The van der Waals surface area contributed by atoms with Crippen LogP contribution in [0.5, 0.6) is 0 Å². The number of hydrogen-bond donors (Lipinski definition) is 1. The van der Waals surface area contributed by atoms with Crippen molar-refractivity contribution in [2.75, 3.05) is 5.32 Å². The van der Waals surface area contributed by atoms with Gasteiger partial charge in [-0.1, -0.05) is 12.1 Å². The Morgan fingerprint density at radius 3 is 2.60 bits per heavy atom. The van der Waals surface area contributed by atoms with Crippen LogP contribution < -0.4 is 5.32 Å². The van der Waals surface area contributed by atoms with E-state index in [9.17, 15) is 13.6 Å². The normalized spacial score (nSPS) is 11.1. The molecule has 1 aromatic carbocycles. The van der Waals surface area contributed by atoms with E-state index in [0.717, 1.165) is 6.20 Å². The second-order valence-electron chi connectivity index (χ2n) is 6.78. The number of nitrogens with one attached hydrogen (secondary N) is 1. The van der Waals surface area contributed by atoms with Gasteiger partial charge in [0.25, 0.3) is 5.91 Å². The maximum Gasteiger partial charge on any atom is 0.261 e. The van der Waals surface area contributed by atoms with Gasteiger partial charge in [0.05, 0.1) is 29.3 Å². The molecule has 3 aromatic heterocycles. The lowest BCUT2D eigenvalue weighted by Gasteiger charge is -2.13. The highest BCUT2D eigenvalue weighted by Crippen LogP contribution is 2.30. The van der Waals surface area contributed by atoms with Gasteiger partial charge in [0, 0.05) is 17.0 Å². The summed E-state index contributed by atoms with van der Waals surface area (Å²) in [7, 11) is 0. The first-order valence-corrected chi connectivity index (χ1v) is 10.0. The first kappa shape index (κ1) is 19.8. The van der Waals surface area contributed by atoms with Gasteiger partial charge in [-0.15, -0.1) is 11.3 Å². The molecule has 0 atom stereocenters. The van der Waals surface area contributed by atoms with Gasteiger partial charge in [-0.25, -0.2) is 13.8 Å². The van der Waals surface area contributed by atoms with Crippen molar-refractivity contribution < 1.29 is 13.6 Å². The predicted molar refractivity (Wildman–Crippen MR) is 111 cm³/mol. The molecule has 4 rings (SSSR count). The predicted octanol–water partition coefficient (Wildman–Crippen LogP) is 5.18. The Hall–Kier alpha value is -3.46. The molecule has 4 aromatic rings. The SMILES string of the molecule is CC(C)n1ncc(C(=O)Nc2nc(-c3ccc(F)cn3)cs2)c1-c1ccccc1F. The number of amides is 1. The van der Waals surface area contributed by atoms with Gasteiger partial charge in [-0.2, -0.15) is 5.10 Å². The Morgan fingerprint density at radius 2 is 1.90 bits per heavy atom. The van der Waals surface area contributed by atoms with Gasteiger partial charge in [-0.05, 0) is 38.1 Å². The topological polar surface area (TPSA) is 72.7 Å². The Bertz CT molecular complexity index is 1200. The van der Waals surface area contributed by atoms with Crippen LogP contribution in [0.3, 0.4) is 0 Å². The molecule has 0 aliphatic rings. The Balaban J connectivity index is 1.65. The zero-order chi connectivity index (χ0) is 21.3. The second kappa shape index (κ2) is 8.11. The smallest absolute Gasteiger partial charge is 0.261 e. The van der Waals surface area contributed by atoms with Crippen molar-refractivity contribution in [1.82, 2.24) is 19.7 Å². The molecule has 0 aliphatic heterocycles. The molecule has 1 amide bonds. The molecule has 0 radical (unpaired) electrons. The quantitative estimate of drug-likeness (QED) is 0.478. The molecule has 9 heteroatoms. The largest absolute Gasteiger partial charge is 0.298 e. The summed E-state index contributed by atoms with van der Waals surface area (Å²) in [6.07, 6.45) is 2.53. The molecule has 1 N–H and O–H groups in total. The third kappa shape index (κ3) is 3.84. The molecule has 3 heterocycles. The van der Waals surface area contributed by atoms with E-state index >= 15 is 0 Å². The fourth-order valence-electron chi connectivity index (χ4n) is 2.98. The van der Waals surface area contributed by atoms with Crippen LogP contribution in [-0.2, 0) is 0 Å². The second-order valence-corrected chi connectivity index (χ2v) is 7.64. The standard InChI is InChI=1S/C21H17F2N5OS/c1-12(2)28-19(14-5-3-4-6-16(14)23)15(10-25-28)20(29)27-21-26-18(11-30-21)17-8-7-13(22)9-24-17/h3-12H,1-2H3,(H,26,27,29). The van der Waals surface area contributed by atoms with E-state index in [1.807, 2.05) is 13.8 Å². The molecule has 0 bridgehead atoms. The molecule has 0 saturated heterocycles.